The van der Waals surface area contributed by atoms with Crippen LogP contribution in [-0.2, 0) is 16.3 Å². The summed E-state index contributed by atoms with van der Waals surface area (Å²) in [6.45, 7) is 5.51. The van der Waals surface area contributed by atoms with Gasteiger partial charge in [0.05, 0.1) is 22.3 Å². The Balaban J connectivity index is 1.58. The van der Waals surface area contributed by atoms with E-state index in [1.807, 2.05) is 0 Å². The molecule has 3 rings (SSSR count). The van der Waals surface area contributed by atoms with Crippen LogP contribution in [0.4, 0.5) is 10.1 Å². The lowest BCUT2D eigenvalue weighted by Gasteiger charge is -2.18. The molecule has 1 N–H and O–H groups in total. The van der Waals surface area contributed by atoms with Gasteiger partial charge in [-0.2, -0.15) is 0 Å². The first-order chi connectivity index (χ1) is 13.2. The maximum atomic E-state index is 13.0. The molecule has 28 heavy (non-hydrogen) atoms. The Labute approximate surface area is 163 Å². The second kappa shape index (κ2) is 7.71. The average molecular weight is 403 g/mol. The highest BCUT2D eigenvalue weighted by Gasteiger charge is 2.31. The van der Waals surface area contributed by atoms with E-state index in [9.17, 15) is 12.8 Å². The lowest BCUT2D eigenvalue weighted by Crippen LogP contribution is -2.28. The monoisotopic (exact) mass is 403 g/mol. The fourth-order valence-electron chi connectivity index (χ4n) is 2.44. The number of anilines is 1. The lowest BCUT2D eigenvalue weighted by molar-refractivity contribution is 0.556. The summed E-state index contributed by atoms with van der Waals surface area (Å²) < 4.78 is 42.3. The Morgan fingerprint density at radius 1 is 1.11 bits per heavy atom. The third-order valence-electron chi connectivity index (χ3n) is 4.17. The number of nitrogens with zero attached hydrogens (tertiary/aromatic N) is 2. The van der Waals surface area contributed by atoms with Gasteiger partial charge in [0.1, 0.15) is 12.1 Å². The number of benzene rings is 1. The molecule has 1 aromatic carbocycles. The summed E-state index contributed by atoms with van der Waals surface area (Å²) >= 11 is 0. The fraction of sp³-hybridized carbons (Fsp3) is 0.300. The molecule has 0 aliphatic carbocycles. The first-order valence-electron chi connectivity index (χ1n) is 8.82. The predicted octanol–water partition coefficient (Wildman–Crippen LogP) is 4.10. The normalized spacial score (nSPS) is 12.1. The summed E-state index contributed by atoms with van der Waals surface area (Å²) in [6, 6.07) is 9.14. The van der Waals surface area contributed by atoms with Gasteiger partial charge in [-0.1, -0.05) is 0 Å². The molecule has 0 amide bonds. The minimum atomic E-state index is -3.47. The van der Waals surface area contributed by atoms with E-state index in [0.717, 1.165) is 11.4 Å². The van der Waals surface area contributed by atoms with Crippen molar-refractivity contribution in [2.75, 3.05) is 11.9 Å². The Kier molecular flexibility index (Phi) is 5.51. The molecule has 0 fully saturated rings. The maximum absolute atomic E-state index is 13.0. The first-order valence-corrected chi connectivity index (χ1v) is 10.3. The number of pyridine rings is 1. The molecule has 3 aromatic rings. The van der Waals surface area contributed by atoms with Crippen LogP contribution in [0.15, 0.2) is 58.3 Å². The van der Waals surface area contributed by atoms with Gasteiger partial charge in [0.15, 0.2) is 14.9 Å². The molecule has 0 unspecified atom stereocenters. The van der Waals surface area contributed by atoms with Gasteiger partial charge in [0.25, 0.3) is 0 Å². The molecule has 6 nitrogen and oxygen atoms in total. The zero-order valence-electron chi connectivity index (χ0n) is 15.9. The number of oxazole rings is 1. The number of aromatic nitrogens is 2. The van der Waals surface area contributed by atoms with Crippen LogP contribution in [0.5, 0.6) is 0 Å². The third-order valence-corrected chi connectivity index (χ3v) is 6.58. The standard InChI is InChI=1S/C20H22FN3O3S/c1-20(2,3)28(25,26)18-9-8-16(12-23-18)22-11-10-17-13-27-19(24-17)14-4-6-15(21)7-5-14/h4-9,12-13,22H,10-11H2,1-3H3. The topological polar surface area (TPSA) is 85.1 Å². The minimum Gasteiger partial charge on any atom is -0.444 e. The minimum absolute atomic E-state index is 0.0611. The molecule has 2 heterocycles. The van der Waals surface area contributed by atoms with Crippen molar-refractivity contribution in [3.05, 3.63) is 60.4 Å². The molecule has 0 saturated carbocycles. The number of sulfone groups is 1. The molecule has 0 bridgehead atoms. The zero-order valence-corrected chi connectivity index (χ0v) is 16.8. The summed E-state index contributed by atoms with van der Waals surface area (Å²) in [5.41, 5.74) is 2.18. The van der Waals surface area contributed by atoms with Crippen LogP contribution >= 0.6 is 0 Å². The smallest absolute Gasteiger partial charge is 0.226 e. The second-order valence-corrected chi connectivity index (χ2v) is 9.98. The van der Waals surface area contributed by atoms with E-state index >= 15 is 0 Å². The maximum Gasteiger partial charge on any atom is 0.226 e. The van der Waals surface area contributed by atoms with E-state index in [1.165, 1.54) is 24.4 Å². The Hall–Kier alpha value is -2.74. The molecule has 0 spiro atoms. The fourth-order valence-corrected chi connectivity index (χ4v) is 3.51. The number of rotatable bonds is 6. The predicted molar refractivity (Wildman–Crippen MR) is 105 cm³/mol. The Morgan fingerprint density at radius 3 is 2.43 bits per heavy atom. The van der Waals surface area contributed by atoms with Crippen molar-refractivity contribution in [3.8, 4) is 11.5 Å². The van der Waals surface area contributed by atoms with Crippen LogP contribution in [0.3, 0.4) is 0 Å². The van der Waals surface area contributed by atoms with Crippen LogP contribution in [0.25, 0.3) is 11.5 Å². The van der Waals surface area contributed by atoms with Gasteiger partial charge in [0.2, 0.25) is 5.89 Å². The van der Waals surface area contributed by atoms with E-state index < -0.39 is 14.6 Å². The number of nitrogens with one attached hydrogen (secondary N) is 1. The number of hydrogen-bond acceptors (Lipinski definition) is 6. The second-order valence-electron chi connectivity index (χ2n) is 7.33. The summed E-state index contributed by atoms with van der Waals surface area (Å²) in [5, 5.41) is 3.24. The quantitative estimate of drug-likeness (QED) is 0.667. The molecule has 8 heteroatoms. The van der Waals surface area contributed by atoms with E-state index in [4.69, 9.17) is 4.42 Å². The third kappa shape index (κ3) is 4.39. The molecule has 0 aliphatic heterocycles. The first kappa shape index (κ1) is 20.0. The summed E-state index contributed by atoms with van der Waals surface area (Å²) in [6.07, 6.45) is 3.68. The van der Waals surface area contributed by atoms with Crippen LogP contribution in [0.1, 0.15) is 26.5 Å². The van der Waals surface area contributed by atoms with Crippen LogP contribution < -0.4 is 5.32 Å². The van der Waals surface area contributed by atoms with Gasteiger partial charge < -0.3 is 9.73 Å². The van der Waals surface area contributed by atoms with Gasteiger partial charge in [-0.05, 0) is 57.2 Å². The van der Waals surface area contributed by atoms with Crippen molar-refractivity contribution in [1.29, 1.82) is 0 Å². The van der Waals surface area contributed by atoms with Crippen molar-refractivity contribution >= 4 is 15.5 Å². The average Bonchev–Trinajstić information content (AvgIpc) is 3.11. The van der Waals surface area contributed by atoms with E-state index in [2.05, 4.69) is 15.3 Å². The highest BCUT2D eigenvalue weighted by Crippen LogP contribution is 2.24. The summed E-state index contributed by atoms with van der Waals surface area (Å²) in [5.74, 6) is 0.128. The molecular weight excluding hydrogens is 381 g/mol. The van der Waals surface area contributed by atoms with Crippen molar-refractivity contribution < 1.29 is 17.2 Å². The SMILES string of the molecule is CC(C)(C)S(=O)(=O)c1ccc(NCCc2coc(-c3ccc(F)cc3)n2)cn1. The molecule has 0 aliphatic rings. The zero-order chi connectivity index (χ0) is 20.4. The molecule has 148 valence electrons. The van der Waals surface area contributed by atoms with Gasteiger partial charge in [-0.25, -0.2) is 22.8 Å². The van der Waals surface area contributed by atoms with Crippen molar-refractivity contribution in [2.45, 2.75) is 37.0 Å². The van der Waals surface area contributed by atoms with Crippen molar-refractivity contribution in [2.24, 2.45) is 0 Å². The van der Waals surface area contributed by atoms with Crippen LogP contribution in [0, 0.1) is 5.82 Å². The highest BCUT2D eigenvalue weighted by atomic mass is 32.2. The molecule has 0 saturated heterocycles. The van der Waals surface area contributed by atoms with Crippen LogP contribution in [-0.4, -0.2) is 29.7 Å². The van der Waals surface area contributed by atoms with Gasteiger partial charge >= 0.3 is 0 Å². The molecule has 0 radical (unpaired) electrons. The molecule has 2 aromatic heterocycles. The largest absolute Gasteiger partial charge is 0.444 e. The highest BCUT2D eigenvalue weighted by molar-refractivity contribution is 7.92. The van der Waals surface area contributed by atoms with E-state index in [0.29, 0.717) is 24.4 Å². The Morgan fingerprint density at radius 2 is 1.82 bits per heavy atom. The summed E-state index contributed by atoms with van der Waals surface area (Å²) in [7, 11) is -3.47. The molecule has 0 atom stereocenters. The Bertz CT molecular complexity index is 1040. The lowest BCUT2D eigenvalue weighted by atomic mass is 10.2. The van der Waals surface area contributed by atoms with Gasteiger partial charge in [0, 0.05) is 18.5 Å². The number of hydrogen-bond donors (Lipinski definition) is 1. The van der Waals surface area contributed by atoms with Gasteiger partial charge in [-0.15, -0.1) is 0 Å². The number of halogens is 1. The van der Waals surface area contributed by atoms with Crippen molar-refractivity contribution in [3.63, 3.8) is 0 Å². The van der Waals surface area contributed by atoms with E-state index in [1.54, 1.807) is 45.2 Å². The van der Waals surface area contributed by atoms with Crippen molar-refractivity contribution in [1.82, 2.24) is 9.97 Å². The van der Waals surface area contributed by atoms with E-state index in [-0.39, 0.29) is 10.8 Å². The summed E-state index contributed by atoms with van der Waals surface area (Å²) in [4.78, 5) is 8.47. The van der Waals surface area contributed by atoms with Crippen LogP contribution in [0.2, 0.25) is 0 Å². The van der Waals surface area contributed by atoms with Gasteiger partial charge in [-0.3, -0.25) is 0 Å². The molecular formula is C20H22FN3O3S.